The molecule has 0 aromatic carbocycles. The van der Waals surface area contributed by atoms with Crippen molar-refractivity contribution in [1.29, 1.82) is 0 Å². The zero-order chi connectivity index (χ0) is 15.1. The van der Waals surface area contributed by atoms with E-state index in [4.69, 9.17) is 10.5 Å². The molecule has 1 atom stereocenters. The minimum atomic E-state index is 0.401. The van der Waals surface area contributed by atoms with Gasteiger partial charge in [-0.3, -0.25) is 4.90 Å². The fourth-order valence-corrected chi connectivity index (χ4v) is 2.61. The van der Waals surface area contributed by atoms with Crippen molar-refractivity contribution in [3.8, 4) is 0 Å². The fraction of sp³-hybridized carbons (Fsp3) is 0.733. The van der Waals surface area contributed by atoms with E-state index in [2.05, 4.69) is 27.1 Å². The number of ether oxygens (including phenoxy) is 1. The minimum absolute atomic E-state index is 0.401. The molecule has 1 aliphatic heterocycles. The van der Waals surface area contributed by atoms with Gasteiger partial charge in [0.05, 0.1) is 0 Å². The molecule has 6 nitrogen and oxygen atoms in total. The zero-order valence-corrected chi connectivity index (χ0v) is 13.1. The van der Waals surface area contributed by atoms with Crippen molar-refractivity contribution in [2.45, 2.75) is 45.8 Å². The highest BCUT2D eigenvalue weighted by atomic mass is 16.5. The van der Waals surface area contributed by atoms with E-state index >= 15 is 0 Å². The SMILES string of the molecule is CCOCc1nc(N)cc(NCC(C)N2CCCCC2)n1. The molecule has 1 unspecified atom stereocenters. The van der Waals surface area contributed by atoms with Crippen molar-refractivity contribution in [2.24, 2.45) is 0 Å². The zero-order valence-electron chi connectivity index (χ0n) is 13.1. The molecular formula is C15H27N5O. The van der Waals surface area contributed by atoms with Crippen molar-refractivity contribution >= 4 is 11.6 Å². The molecule has 0 radical (unpaired) electrons. The molecule has 0 saturated carbocycles. The predicted octanol–water partition coefficient (Wildman–Crippen LogP) is 1.88. The Morgan fingerprint density at radius 3 is 2.81 bits per heavy atom. The number of anilines is 2. The van der Waals surface area contributed by atoms with Crippen LogP contribution in [0.5, 0.6) is 0 Å². The molecule has 6 heteroatoms. The molecule has 118 valence electrons. The van der Waals surface area contributed by atoms with Crippen LogP contribution in [0.3, 0.4) is 0 Å². The van der Waals surface area contributed by atoms with Crippen molar-refractivity contribution in [3.05, 3.63) is 11.9 Å². The Balaban J connectivity index is 1.87. The number of likely N-dealkylation sites (tertiary alicyclic amines) is 1. The molecule has 1 aromatic rings. The molecule has 1 saturated heterocycles. The van der Waals surface area contributed by atoms with Gasteiger partial charge in [-0.1, -0.05) is 6.42 Å². The summed E-state index contributed by atoms with van der Waals surface area (Å²) in [4.78, 5) is 11.2. The van der Waals surface area contributed by atoms with Gasteiger partial charge in [-0.15, -0.1) is 0 Å². The maximum absolute atomic E-state index is 5.82. The Bertz CT molecular complexity index is 434. The summed E-state index contributed by atoms with van der Waals surface area (Å²) < 4.78 is 5.33. The lowest BCUT2D eigenvalue weighted by Gasteiger charge is -2.32. The molecule has 0 aliphatic carbocycles. The third kappa shape index (κ3) is 5.13. The van der Waals surface area contributed by atoms with Crippen LogP contribution < -0.4 is 11.1 Å². The first-order valence-electron chi connectivity index (χ1n) is 7.88. The van der Waals surface area contributed by atoms with Gasteiger partial charge in [-0.2, -0.15) is 0 Å². The minimum Gasteiger partial charge on any atom is -0.384 e. The number of rotatable bonds is 7. The Kier molecular flexibility index (Phi) is 6.20. The quantitative estimate of drug-likeness (QED) is 0.799. The summed E-state index contributed by atoms with van der Waals surface area (Å²) in [6.45, 7) is 8.51. The average molecular weight is 293 g/mol. The molecule has 1 fully saturated rings. The van der Waals surface area contributed by atoms with Gasteiger partial charge in [0.25, 0.3) is 0 Å². The second-order valence-electron chi connectivity index (χ2n) is 5.56. The van der Waals surface area contributed by atoms with Crippen molar-refractivity contribution in [2.75, 3.05) is 37.3 Å². The maximum Gasteiger partial charge on any atom is 0.158 e. The van der Waals surface area contributed by atoms with Gasteiger partial charge in [-0.25, -0.2) is 9.97 Å². The number of nitrogen functional groups attached to an aromatic ring is 1. The Labute approximate surface area is 127 Å². The summed E-state index contributed by atoms with van der Waals surface area (Å²) >= 11 is 0. The highest BCUT2D eigenvalue weighted by Crippen LogP contribution is 2.14. The Morgan fingerprint density at radius 2 is 2.10 bits per heavy atom. The summed E-state index contributed by atoms with van der Waals surface area (Å²) in [6, 6.07) is 2.27. The van der Waals surface area contributed by atoms with Crippen LogP contribution in [-0.4, -0.2) is 47.2 Å². The molecule has 21 heavy (non-hydrogen) atoms. The first-order chi connectivity index (χ1) is 10.2. The molecule has 2 heterocycles. The van der Waals surface area contributed by atoms with Gasteiger partial charge in [0.2, 0.25) is 0 Å². The number of nitrogens with one attached hydrogen (secondary N) is 1. The smallest absolute Gasteiger partial charge is 0.158 e. The lowest BCUT2D eigenvalue weighted by Crippen LogP contribution is -2.41. The van der Waals surface area contributed by atoms with E-state index in [1.165, 1.54) is 32.4 Å². The molecule has 3 N–H and O–H groups in total. The van der Waals surface area contributed by atoms with Gasteiger partial charge in [0, 0.05) is 25.3 Å². The highest BCUT2D eigenvalue weighted by molar-refractivity contribution is 5.44. The second-order valence-corrected chi connectivity index (χ2v) is 5.56. The van der Waals surface area contributed by atoms with Crippen LogP contribution in [0.2, 0.25) is 0 Å². The van der Waals surface area contributed by atoms with Crippen molar-refractivity contribution < 1.29 is 4.74 Å². The first-order valence-corrected chi connectivity index (χ1v) is 7.88. The predicted molar refractivity (Wildman–Crippen MR) is 85.2 cm³/mol. The fourth-order valence-electron chi connectivity index (χ4n) is 2.61. The third-order valence-corrected chi connectivity index (χ3v) is 3.82. The van der Waals surface area contributed by atoms with Crippen LogP contribution in [0, 0.1) is 0 Å². The molecule has 0 amide bonds. The van der Waals surface area contributed by atoms with Gasteiger partial charge < -0.3 is 15.8 Å². The van der Waals surface area contributed by atoms with Gasteiger partial charge in [0.1, 0.15) is 18.2 Å². The molecule has 0 bridgehead atoms. The van der Waals surface area contributed by atoms with Crippen LogP contribution in [0.4, 0.5) is 11.6 Å². The summed E-state index contributed by atoms with van der Waals surface area (Å²) in [5.74, 6) is 1.89. The normalized spacial score (nSPS) is 17.6. The summed E-state index contributed by atoms with van der Waals surface area (Å²) in [5, 5.41) is 3.37. The Morgan fingerprint density at radius 1 is 1.33 bits per heavy atom. The van der Waals surface area contributed by atoms with Crippen LogP contribution >= 0.6 is 0 Å². The maximum atomic E-state index is 5.82. The summed E-state index contributed by atoms with van der Waals surface area (Å²) in [7, 11) is 0. The van der Waals surface area contributed by atoms with Crippen LogP contribution in [0.25, 0.3) is 0 Å². The van der Waals surface area contributed by atoms with E-state index in [1.54, 1.807) is 6.07 Å². The van der Waals surface area contributed by atoms with E-state index in [-0.39, 0.29) is 0 Å². The molecule has 1 aromatic heterocycles. The molecule has 2 rings (SSSR count). The van der Waals surface area contributed by atoms with Gasteiger partial charge >= 0.3 is 0 Å². The largest absolute Gasteiger partial charge is 0.384 e. The highest BCUT2D eigenvalue weighted by Gasteiger charge is 2.16. The summed E-state index contributed by atoms with van der Waals surface area (Å²) in [5.41, 5.74) is 5.82. The second kappa shape index (κ2) is 8.14. The summed E-state index contributed by atoms with van der Waals surface area (Å²) in [6.07, 6.45) is 3.98. The topological polar surface area (TPSA) is 76.3 Å². The number of piperidine rings is 1. The molecule has 0 spiro atoms. The number of nitrogens with zero attached hydrogens (tertiary/aromatic N) is 3. The Hall–Kier alpha value is -1.40. The first kappa shape index (κ1) is 16.0. The lowest BCUT2D eigenvalue weighted by atomic mass is 10.1. The van der Waals surface area contributed by atoms with Crippen LogP contribution in [-0.2, 0) is 11.3 Å². The van der Waals surface area contributed by atoms with Gasteiger partial charge in [-0.05, 0) is 39.8 Å². The van der Waals surface area contributed by atoms with E-state index < -0.39 is 0 Å². The van der Waals surface area contributed by atoms with E-state index in [0.717, 1.165) is 12.4 Å². The van der Waals surface area contributed by atoms with E-state index in [0.29, 0.717) is 30.9 Å². The average Bonchev–Trinajstić information content (AvgIpc) is 2.51. The van der Waals surface area contributed by atoms with Crippen molar-refractivity contribution in [1.82, 2.24) is 14.9 Å². The van der Waals surface area contributed by atoms with E-state index in [1.807, 2.05) is 6.92 Å². The number of hydrogen-bond donors (Lipinski definition) is 2. The van der Waals surface area contributed by atoms with Crippen LogP contribution in [0.15, 0.2) is 6.07 Å². The standard InChI is InChI=1S/C15H27N5O/c1-3-21-11-15-18-13(16)9-14(19-15)17-10-12(2)20-7-5-4-6-8-20/h9,12H,3-8,10-11H2,1-2H3,(H3,16,17,18,19). The number of nitrogens with two attached hydrogens (primary N) is 1. The number of hydrogen-bond acceptors (Lipinski definition) is 6. The van der Waals surface area contributed by atoms with E-state index in [9.17, 15) is 0 Å². The third-order valence-electron chi connectivity index (χ3n) is 3.82. The lowest BCUT2D eigenvalue weighted by molar-refractivity contribution is 0.128. The van der Waals surface area contributed by atoms with Crippen molar-refractivity contribution in [3.63, 3.8) is 0 Å². The monoisotopic (exact) mass is 293 g/mol. The number of aromatic nitrogens is 2. The molecular weight excluding hydrogens is 266 g/mol. The van der Waals surface area contributed by atoms with Gasteiger partial charge in [0.15, 0.2) is 5.82 Å². The molecule has 1 aliphatic rings. The van der Waals surface area contributed by atoms with Crippen LogP contribution in [0.1, 0.15) is 38.9 Å².